The zero-order chi connectivity index (χ0) is 29.4. The van der Waals surface area contributed by atoms with Crippen molar-refractivity contribution in [3.63, 3.8) is 0 Å². The number of rotatable bonds is 32. The molecule has 0 unspecified atom stereocenters. The Bertz CT molecular complexity index is 622. The van der Waals surface area contributed by atoms with Crippen LogP contribution in [0.3, 0.4) is 0 Å². The molecule has 234 valence electrons. The zero-order valence-corrected chi connectivity index (χ0v) is 23.2. The molecule has 0 aromatic carbocycles. The monoisotopic (exact) mass is 583 g/mol. The summed E-state index contributed by atoms with van der Waals surface area (Å²) in [4.78, 5) is 32.4. The largest absolute Gasteiger partial charge is 0.480 e. The number of ether oxygens (including phenoxy) is 10. The number of carbonyl (C=O) groups is 3. The van der Waals surface area contributed by atoms with Gasteiger partial charge in [-0.2, -0.15) is 0 Å². The number of nitrogens with one attached hydrogen (secondary N) is 1. The highest BCUT2D eigenvalue weighted by molar-refractivity contribution is 5.81. The first-order valence-electron chi connectivity index (χ1n) is 13.0. The smallest absolute Gasteiger partial charge is 0.330 e. The number of esters is 1. The van der Waals surface area contributed by atoms with Gasteiger partial charge in [-0.3, -0.25) is 4.79 Å². The second kappa shape index (κ2) is 31.3. The van der Waals surface area contributed by atoms with E-state index in [0.717, 1.165) is 6.08 Å². The molecule has 0 bridgehead atoms. The third-order valence-corrected chi connectivity index (χ3v) is 4.27. The van der Waals surface area contributed by atoms with Gasteiger partial charge >= 0.3 is 11.9 Å². The third kappa shape index (κ3) is 32.0. The minimum atomic E-state index is -1.13. The van der Waals surface area contributed by atoms with Gasteiger partial charge in [0.05, 0.1) is 106 Å². The van der Waals surface area contributed by atoms with Crippen LogP contribution in [0.4, 0.5) is 0 Å². The van der Waals surface area contributed by atoms with E-state index in [9.17, 15) is 14.4 Å². The quantitative estimate of drug-likeness (QED) is 0.0564. The average Bonchev–Trinajstić information content (AvgIpc) is 2.94. The molecular formula is C25H45NO14. The molecule has 40 heavy (non-hydrogen) atoms. The van der Waals surface area contributed by atoms with Crippen molar-refractivity contribution >= 4 is 17.8 Å². The Balaban J connectivity index is 3.11. The van der Waals surface area contributed by atoms with Crippen molar-refractivity contribution in [2.75, 3.05) is 132 Å². The first-order valence-corrected chi connectivity index (χ1v) is 13.0. The van der Waals surface area contributed by atoms with Crippen LogP contribution >= 0.6 is 0 Å². The molecule has 15 nitrogen and oxygen atoms in total. The fourth-order valence-corrected chi connectivity index (χ4v) is 2.45. The van der Waals surface area contributed by atoms with Crippen LogP contribution in [-0.4, -0.2) is 155 Å². The summed E-state index contributed by atoms with van der Waals surface area (Å²) in [5.41, 5.74) is 0. The van der Waals surface area contributed by atoms with Crippen LogP contribution in [0.2, 0.25) is 0 Å². The lowest BCUT2D eigenvalue weighted by atomic mass is 10.6. The fraction of sp³-hybridized carbons (Fsp3) is 0.800. The summed E-state index contributed by atoms with van der Waals surface area (Å²) in [5.74, 6) is -2.00. The second-order valence-corrected chi connectivity index (χ2v) is 7.51. The predicted octanol–water partition coefficient (Wildman–Crippen LogP) is -0.934. The Morgan fingerprint density at radius 2 is 0.875 bits per heavy atom. The molecule has 0 fully saturated rings. The maximum Gasteiger partial charge on any atom is 0.330 e. The molecule has 0 radical (unpaired) electrons. The normalized spacial score (nSPS) is 10.9. The molecule has 0 heterocycles. The van der Waals surface area contributed by atoms with Crippen LogP contribution < -0.4 is 5.32 Å². The van der Waals surface area contributed by atoms with Crippen molar-refractivity contribution in [2.24, 2.45) is 0 Å². The number of carboxylic acids is 1. The highest BCUT2D eigenvalue weighted by atomic mass is 16.6. The third-order valence-electron chi connectivity index (χ3n) is 4.27. The Hall–Kier alpha value is -2.21. The molecule has 0 atom stereocenters. The molecule has 0 aliphatic rings. The molecule has 0 saturated carbocycles. The fourth-order valence-electron chi connectivity index (χ4n) is 2.45. The standard InChI is InChI=1S/C25H45NO14/c1-2-25(30)40-20-19-38-18-17-37-16-15-36-14-13-35-12-11-34-10-9-33-8-7-32-6-5-31-4-3-26-23(27)21-39-22-24(28)29/h2H,1,3-22H2,(H,26,27)(H,28,29). The number of hydrogen-bond acceptors (Lipinski definition) is 13. The van der Waals surface area contributed by atoms with E-state index in [4.69, 9.17) is 47.7 Å². The van der Waals surface area contributed by atoms with Crippen LogP contribution in [0.15, 0.2) is 12.7 Å². The molecule has 0 saturated heterocycles. The summed E-state index contributed by atoms with van der Waals surface area (Å²) in [6.07, 6.45) is 1.10. The van der Waals surface area contributed by atoms with E-state index in [0.29, 0.717) is 112 Å². The van der Waals surface area contributed by atoms with Crippen molar-refractivity contribution in [1.29, 1.82) is 0 Å². The van der Waals surface area contributed by atoms with Crippen molar-refractivity contribution in [3.05, 3.63) is 12.7 Å². The van der Waals surface area contributed by atoms with Crippen LogP contribution in [0.1, 0.15) is 0 Å². The van der Waals surface area contributed by atoms with E-state index in [1.807, 2.05) is 0 Å². The van der Waals surface area contributed by atoms with Gasteiger partial charge in [-0.25, -0.2) is 9.59 Å². The summed E-state index contributed by atoms with van der Waals surface area (Å²) in [5, 5.41) is 10.9. The highest BCUT2D eigenvalue weighted by Crippen LogP contribution is 1.87. The SMILES string of the molecule is C=CC(=O)OCCOCCOCCOCCOCCOCCOCCOCCOCCNC(=O)COCC(=O)O. The number of aliphatic carboxylic acids is 1. The summed E-state index contributed by atoms with van der Waals surface area (Å²) in [6.45, 7) is 9.74. The van der Waals surface area contributed by atoms with Crippen molar-refractivity contribution in [3.8, 4) is 0 Å². The van der Waals surface area contributed by atoms with Gasteiger partial charge in [0.25, 0.3) is 0 Å². The minimum absolute atomic E-state index is 0.187. The summed E-state index contributed by atoms with van der Waals surface area (Å²) in [6, 6.07) is 0. The van der Waals surface area contributed by atoms with Crippen molar-refractivity contribution in [2.45, 2.75) is 0 Å². The first kappa shape index (κ1) is 37.8. The van der Waals surface area contributed by atoms with Gasteiger partial charge in [-0.15, -0.1) is 0 Å². The van der Waals surface area contributed by atoms with E-state index in [1.54, 1.807) is 0 Å². The van der Waals surface area contributed by atoms with Crippen molar-refractivity contribution in [1.82, 2.24) is 5.32 Å². The number of hydrogen-bond donors (Lipinski definition) is 2. The number of carboxylic acid groups (broad SMARTS) is 1. The molecule has 0 rings (SSSR count). The average molecular weight is 584 g/mol. The minimum Gasteiger partial charge on any atom is -0.480 e. The molecule has 15 heteroatoms. The van der Waals surface area contributed by atoms with E-state index in [1.165, 1.54) is 0 Å². The van der Waals surface area contributed by atoms with Gasteiger partial charge in [0.2, 0.25) is 5.91 Å². The van der Waals surface area contributed by atoms with Gasteiger partial charge in [0, 0.05) is 12.6 Å². The van der Waals surface area contributed by atoms with Gasteiger partial charge in [-0.05, 0) is 0 Å². The van der Waals surface area contributed by atoms with Crippen LogP contribution in [-0.2, 0) is 61.8 Å². The van der Waals surface area contributed by atoms with Gasteiger partial charge in [0.1, 0.15) is 19.8 Å². The molecule has 0 aromatic heterocycles. The van der Waals surface area contributed by atoms with Crippen LogP contribution in [0, 0.1) is 0 Å². The topological polar surface area (TPSA) is 176 Å². The molecule has 0 spiro atoms. The lowest BCUT2D eigenvalue weighted by Gasteiger charge is -2.09. The van der Waals surface area contributed by atoms with E-state index in [2.05, 4.69) is 16.6 Å². The van der Waals surface area contributed by atoms with Gasteiger partial charge < -0.3 is 57.8 Å². The lowest BCUT2D eigenvalue weighted by molar-refractivity contribution is -0.143. The molecule has 1 amide bonds. The molecule has 0 aliphatic carbocycles. The Morgan fingerprint density at radius 1 is 0.525 bits per heavy atom. The Labute approximate surface area is 235 Å². The Kier molecular flexibility index (Phi) is 29.6. The summed E-state index contributed by atoms with van der Waals surface area (Å²) in [7, 11) is 0. The van der Waals surface area contributed by atoms with Crippen LogP contribution in [0.5, 0.6) is 0 Å². The van der Waals surface area contributed by atoms with Gasteiger partial charge in [0.15, 0.2) is 0 Å². The maximum atomic E-state index is 11.3. The first-order chi connectivity index (χ1) is 19.6. The summed E-state index contributed by atoms with van der Waals surface area (Å²) < 4.78 is 52.3. The predicted molar refractivity (Wildman–Crippen MR) is 139 cm³/mol. The lowest BCUT2D eigenvalue weighted by Crippen LogP contribution is -2.31. The van der Waals surface area contributed by atoms with E-state index < -0.39 is 24.5 Å². The highest BCUT2D eigenvalue weighted by Gasteiger charge is 2.03. The maximum absolute atomic E-state index is 11.3. The van der Waals surface area contributed by atoms with Crippen LogP contribution in [0.25, 0.3) is 0 Å². The molecular weight excluding hydrogens is 538 g/mol. The summed E-state index contributed by atoms with van der Waals surface area (Å²) >= 11 is 0. The Morgan fingerprint density at radius 3 is 1.23 bits per heavy atom. The molecule has 2 N–H and O–H groups in total. The van der Waals surface area contributed by atoms with E-state index >= 15 is 0 Å². The molecule has 0 aromatic rings. The zero-order valence-electron chi connectivity index (χ0n) is 23.2. The van der Waals surface area contributed by atoms with Gasteiger partial charge in [-0.1, -0.05) is 6.58 Å². The number of carbonyl (C=O) groups excluding carboxylic acids is 2. The number of amides is 1. The van der Waals surface area contributed by atoms with E-state index in [-0.39, 0.29) is 13.2 Å². The van der Waals surface area contributed by atoms with Crippen molar-refractivity contribution < 1.29 is 66.9 Å². The second-order valence-electron chi connectivity index (χ2n) is 7.51. The molecule has 0 aliphatic heterocycles.